The summed E-state index contributed by atoms with van der Waals surface area (Å²) in [6.07, 6.45) is -4.47. The number of amides is 2. The Bertz CT molecular complexity index is 753. The number of hydrogen-bond donors (Lipinski definition) is 1. The molecule has 22 heavy (non-hydrogen) atoms. The zero-order valence-electron chi connectivity index (χ0n) is 10.9. The summed E-state index contributed by atoms with van der Waals surface area (Å²) in [5.74, 6) is -2.12. The molecule has 0 saturated carbocycles. The maximum absolute atomic E-state index is 12.3. The minimum atomic E-state index is -4.82. The fraction of sp³-hybridized carbons (Fsp3) is 0.308. The van der Waals surface area contributed by atoms with Gasteiger partial charge >= 0.3 is 6.36 Å². The van der Waals surface area contributed by atoms with Crippen LogP contribution in [0.3, 0.4) is 0 Å². The highest BCUT2D eigenvalue weighted by atomic mass is 19.4. The predicted octanol–water partition coefficient (Wildman–Crippen LogP) is 2.25. The van der Waals surface area contributed by atoms with Crippen molar-refractivity contribution in [2.75, 3.05) is 0 Å². The van der Waals surface area contributed by atoms with E-state index in [2.05, 4.69) is 15.2 Å². The molecule has 3 rings (SSSR count). The monoisotopic (exact) mass is 314 g/mol. The van der Waals surface area contributed by atoms with E-state index in [-0.39, 0.29) is 29.5 Å². The second-order valence-corrected chi connectivity index (χ2v) is 4.78. The molecule has 116 valence electrons. The highest BCUT2D eigenvalue weighted by molar-refractivity contribution is 6.02. The average Bonchev–Trinajstić information content (AvgIpc) is 2.80. The second kappa shape index (κ2) is 5.00. The molecule has 0 bridgehead atoms. The minimum absolute atomic E-state index is 0.128. The fourth-order valence-corrected chi connectivity index (χ4v) is 2.34. The van der Waals surface area contributed by atoms with Crippen molar-refractivity contribution in [3.63, 3.8) is 0 Å². The van der Waals surface area contributed by atoms with Crippen LogP contribution in [-0.2, 0) is 9.59 Å². The third kappa shape index (κ3) is 2.74. The van der Waals surface area contributed by atoms with Crippen LogP contribution in [0.5, 0.6) is 5.75 Å². The Labute approximate surface area is 121 Å². The van der Waals surface area contributed by atoms with Crippen LogP contribution in [0.25, 0.3) is 11.0 Å². The number of benzene rings is 1. The van der Waals surface area contributed by atoms with Gasteiger partial charge in [-0.05, 0) is 24.6 Å². The molecule has 0 radical (unpaired) electrons. The summed E-state index contributed by atoms with van der Waals surface area (Å²) in [6, 6.07) is 3.48. The van der Waals surface area contributed by atoms with Crippen molar-refractivity contribution < 1.29 is 32.0 Å². The van der Waals surface area contributed by atoms with Crippen molar-refractivity contribution in [3.8, 4) is 5.75 Å². The molecule has 1 aromatic heterocycles. The van der Waals surface area contributed by atoms with Crippen LogP contribution in [0.1, 0.15) is 24.5 Å². The smallest absolute Gasteiger partial charge is 0.406 e. The first-order chi connectivity index (χ1) is 10.3. The predicted molar refractivity (Wildman–Crippen MR) is 65.8 cm³/mol. The number of hydrogen-bond acceptors (Lipinski definition) is 5. The van der Waals surface area contributed by atoms with E-state index in [1.165, 1.54) is 6.07 Å². The maximum Gasteiger partial charge on any atom is 0.573 e. The van der Waals surface area contributed by atoms with Gasteiger partial charge in [0.2, 0.25) is 11.8 Å². The Balaban J connectivity index is 1.98. The Morgan fingerprint density at radius 2 is 2.09 bits per heavy atom. The molecule has 2 aromatic rings. The van der Waals surface area contributed by atoms with Crippen LogP contribution in [0.4, 0.5) is 13.2 Å². The van der Waals surface area contributed by atoms with Crippen LogP contribution >= 0.6 is 0 Å². The summed E-state index contributed by atoms with van der Waals surface area (Å²) in [4.78, 5) is 23.0. The van der Waals surface area contributed by atoms with Crippen molar-refractivity contribution >= 4 is 22.8 Å². The zero-order valence-corrected chi connectivity index (χ0v) is 10.9. The van der Waals surface area contributed by atoms with Crippen molar-refractivity contribution in [1.29, 1.82) is 0 Å². The molecule has 1 aliphatic heterocycles. The lowest BCUT2D eigenvalue weighted by Crippen LogP contribution is -2.39. The van der Waals surface area contributed by atoms with Crippen LogP contribution in [0.2, 0.25) is 0 Å². The van der Waals surface area contributed by atoms with Crippen molar-refractivity contribution in [1.82, 2.24) is 10.5 Å². The SMILES string of the molecule is O=C1CCC(c2noc3ccc(OC(F)(F)F)cc23)C(=O)N1. The van der Waals surface area contributed by atoms with Crippen LogP contribution in [0.15, 0.2) is 22.7 Å². The number of nitrogens with zero attached hydrogens (tertiary/aromatic N) is 1. The number of imide groups is 1. The number of carbonyl (C=O) groups is 2. The van der Waals surface area contributed by atoms with Crippen molar-refractivity contribution in [2.24, 2.45) is 0 Å². The first-order valence-corrected chi connectivity index (χ1v) is 6.32. The molecule has 9 heteroatoms. The summed E-state index contributed by atoms with van der Waals surface area (Å²) in [5, 5.41) is 6.16. The molecule has 2 heterocycles. The molecule has 1 unspecified atom stereocenters. The number of nitrogens with one attached hydrogen (secondary N) is 1. The van der Waals surface area contributed by atoms with Gasteiger partial charge in [-0.1, -0.05) is 5.16 Å². The maximum atomic E-state index is 12.3. The summed E-state index contributed by atoms with van der Waals surface area (Å²) < 4.78 is 45.6. The average molecular weight is 314 g/mol. The summed E-state index contributed by atoms with van der Waals surface area (Å²) in [6.45, 7) is 0. The van der Waals surface area contributed by atoms with E-state index in [4.69, 9.17) is 4.52 Å². The number of fused-ring (bicyclic) bond motifs is 1. The number of carbonyl (C=O) groups excluding carboxylic acids is 2. The van der Waals surface area contributed by atoms with Gasteiger partial charge in [-0.3, -0.25) is 14.9 Å². The van der Waals surface area contributed by atoms with Gasteiger partial charge in [-0.15, -0.1) is 13.2 Å². The number of aromatic nitrogens is 1. The molecule has 6 nitrogen and oxygen atoms in total. The van der Waals surface area contributed by atoms with Gasteiger partial charge in [0.1, 0.15) is 11.4 Å². The second-order valence-electron chi connectivity index (χ2n) is 4.78. The lowest BCUT2D eigenvalue weighted by molar-refractivity contribution is -0.274. The van der Waals surface area contributed by atoms with Crippen molar-refractivity contribution in [3.05, 3.63) is 23.9 Å². The quantitative estimate of drug-likeness (QED) is 0.860. The standard InChI is InChI=1S/C13H9F3N2O4/c14-13(15,16)21-6-1-3-9-8(5-6)11(18-22-9)7-2-4-10(19)17-12(7)20/h1,3,5,7H,2,4H2,(H,17,19,20). The van der Waals surface area contributed by atoms with E-state index in [9.17, 15) is 22.8 Å². The molecule has 1 N–H and O–H groups in total. The molecule has 1 aliphatic rings. The van der Waals surface area contributed by atoms with E-state index in [1.807, 2.05) is 0 Å². The lowest BCUT2D eigenvalue weighted by Gasteiger charge is -2.18. The minimum Gasteiger partial charge on any atom is -0.406 e. The summed E-state index contributed by atoms with van der Waals surface area (Å²) in [7, 11) is 0. The first-order valence-electron chi connectivity index (χ1n) is 6.32. The van der Waals surface area contributed by atoms with Gasteiger partial charge < -0.3 is 9.26 Å². The molecule has 0 aliphatic carbocycles. The van der Waals surface area contributed by atoms with Gasteiger partial charge in [-0.2, -0.15) is 0 Å². The number of piperidine rings is 1. The number of rotatable bonds is 2. The van der Waals surface area contributed by atoms with E-state index in [0.29, 0.717) is 0 Å². The Hall–Kier alpha value is -2.58. The Morgan fingerprint density at radius 3 is 2.77 bits per heavy atom. The summed E-state index contributed by atoms with van der Waals surface area (Å²) in [5.41, 5.74) is 0.418. The van der Waals surface area contributed by atoms with Gasteiger partial charge in [0.15, 0.2) is 5.58 Å². The third-order valence-corrected chi connectivity index (χ3v) is 3.27. The molecule has 1 aromatic carbocycles. The first kappa shape index (κ1) is 14.4. The molecule has 1 atom stereocenters. The highest BCUT2D eigenvalue weighted by Gasteiger charge is 2.33. The molecule has 2 amide bonds. The number of halogens is 3. The van der Waals surface area contributed by atoms with Gasteiger partial charge in [0.05, 0.1) is 5.92 Å². The van der Waals surface area contributed by atoms with Gasteiger partial charge in [-0.25, -0.2) is 0 Å². The summed E-state index contributed by atoms with van der Waals surface area (Å²) >= 11 is 0. The van der Waals surface area contributed by atoms with E-state index in [0.717, 1.165) is 12.1 Å². The normalized spacial score (nSPS) is 19.3. The van der Waals surface area contributed by atoms with Gasteiger partial charge in [0.25, 0.3) is 0 Å². The van der Waals surface area contributed by atoms with Crippen LogP contribution in [-0.4, -0.2) is 23.3 Å². The molecule has 1 fully saturated rings. The zero-order chi connectivity index (χ0) is 15.9. The van der Waals surface area contributed by atoms with Crippen LogP contribution in [0, 0.1) is 0 Å². The topological polar surface area (TPSA) is 81.4 Å². The largest absolute Gasteiger partial charge is 0.573 e. The fourth-order valence-electron chi connectivity index (χ4n) is 2.34. The van der Waals surface area contributed by atoms with Crippen molar-refractivity contribution in [2.45, 2.75) is 25.1 Å². The number of alkyl halides is 3. The van der Waals surface area contributed by atoms with Gasteiger partial charge in [0, 0.05) is 11.8 Å². The molecular weight excluding hydrogens is 305 g/mol. The molecule has 1 saturated heterocycles. The molecule has 0 spiro atoms. The van der Waals surface area contributed by atoms with E-state index < -0.39 is 29.8 Å². The van der Waals surface area contributed by atoms with E-state index >= 15 is 0 Å². The Morgan fingerprint density at radius 1 is 1.32 bits per heavy atom. The Kier molecular flexibility index (Phi) is 3.27. The third-order valence-electron chi connectivity index (χ3n) is 3.27. The lowest BCUT2D eigenvalue weighted by atomic mass is 9.93. The highest BCUT2D eigenvalue weighted by Crippen LogP contribution is 2.33. The van der Waals surface area contributed by atoms with Crippen LogP contribution < -0.4 is 10.1 Å². The molecular formula is C13H9F3N2O4. The number of ether oxygens (including phenoxy) is 1. The van der Waals surface area contributed by atoms with E-state index in [1.54, 1.807) is 0 Å².